The summed E-state index contributed by atoms with van der Waals surface area (Å²) in [7, 11) is 0. The van der Waals surface area contributed by atoms with Crippen molar-refractivity contribution < 1.29 is 14.3 Å². The highest BCUT2D eigenvalue weighted by Crippen LogP contribution is 2.30. The Bertz CT molecular complexity index is 491. The molecule has 0 fully saturated rings. The molecule has 1 amide bonds. The number of amides is 1. The molecule has 0 aromatic carbocycles. The van der Waals surface area contributed by atoms with Gasteiger partial charge in [-0.3, -0.25) is 14.7 Å². The van der Waals surface area contributed by atoms with E-state index in [-0.39, 0.29) is 6.09 Å². The van der Waals surface area contributed by atoms with Crippen molar-refractivity contribution in [2.24, 2.45) is 0 Å². The third-order valence-electron chi connectivity index (χ3n) is 2.67. The molecule has 18 heavy (non-hydrogen) atoms. The van der Waals surface area contributed by atoms with Gasteiger partial charge in [-0.1, -0.05) is 0 Å². The fourth-order valence-corrected chi connectivity index (χ4v) is 1.96. The Morgan fingerprint density at radius 1 is 1.50 bits per heavy atom. The number of rotatable bonds is 1. The van der Waals surface area contributed by atoms with Crippen LogP contribution in [-0.2, 0) is 11.2 Å². The molecule has 1 aliphatic rings. The van der Waals surface area contributed by atoms with Crippen molar-refractivity contribution in [2.45, 2.75) is 32.8 Å². The standard InChI is InChI=1S/C13H16N2O3/c1-13(2,3)18-12(17)15-7-5-9-10(8-16)14-6-4-11(9)15/h4,6,8H,5,7H2,1-3H3. The fraction of sp³-hybridized carbons (Fsp3) is 0.462. The van der Waals surface area contributed by atoms with Crippen LogP contribution in [0.2, 0.25) is 0 Å². The molecule has 1 aromatic rings. The molecule has 0 saturated heterocycles. The molecule has 1 aromatic heterocycles. The van der Waals surface area contributed by atoms with Crippen LogP contribution in [0.15, 0.2) is 12.3 Å². The van der Waals surface area contributed by atoms with Gasteiger partial charge in [-0.15, -0.1) is 0 Å². The lowest BCUT2D eigenvalue weighted by Crippen LogP contribution is -2.35. The third-order valence-corrected chi connectivity index (χ3v) is 2.67. The van der Waals surface area contributed by atoms with E-state index in [0.717, 1.165) is 17.5 Å². The maximum Gasteiger partial charge on any atom is 0.414 e. The Hall–Kier alpha value is -1.91. The van der Waals surface area contributed by atoms with E-state index >= 15 is 0 Å². The van der Waals surface area contributed by atoms with Crippen LogP contribution in [0.5, 0.6) is 0 Å². The fourth-order valence-electron chi connectivity index (χ4n) is 1.96. The maximum atomic E-state index is 12.0. The molecule has 2 heterocycles. The van der Waals surface area contributed by atoms with Gasteiger partial charge in [0.1, 0.15) is 11.3 Å². The van der Waals surface area contributed by atoms with Crippen LogP contribution in [-0.4, -0.2) is 29.5 Å². The van der Waals surface area contributed by atoms with E-state index in [1.165, 1.54) is 6.20 Å². The average molecular weight is 248 g/mol. The smallest absolute Gasteiger partial charge is 0.414 e. The molecular weight excluding hydrogens is 232 g/mol. The number of hydrogen-bond acceptors (Lipinski definition) is 4. The van der Waals surface area contributed by atoms with Crippen LogP contribution in [0.25, 0.3) is 0 Å². The topological polar surface area (TPSA) is 59.5 Å². The molecule has 0 unspecified atom stereocenters. The van der Waals surface area contributed by atoms with E-state index in [1.807, 2.05) is 20.8 Å². The Morgan fingerprint density at radius 3 is 2.83 bits per heavy atom. The van der Waals surface area contributed by atoms with Crippen molar-refractivity contribution in [1.82, 2.24) is 4.98 Å². The van der Waals surface area contributed by atoms with E-state index in [9.17, 15) is 9.59 Å². The Kier molecular flexibility index (Phi) is 3.07. The molecule has 0 aliphatic carbocycles. The molecule has 0 spiro atoms. The van der Waals surface area contributed by atoms with Gasteiger partial charge < -0.3 is 4.74 Å². The van der Waals surface area contributed by atoms with Gasteiger partial charge in [-0.25, -0.2) is 4.79 Å². The SMILES string of the molecule is CC(C)(C)OC(=O)N1CCc2c1ccnc2C=O. The number of carbonyl (C=O) groups is 2. The highest BCUT2D eigenvalue weighted by atomic mass is 16.6. The minimum atomic E-state index is -0.527. The lowest BCUT2D eigenvalue weighted by Gasteiger charge is -2.24. The first-order valence-corrected chi connectivity index (χ1v) is 5.86. The van der Waals surface area contributed by atoms with Gasteiger partial charge in [0.15, 0.2) is 6.29 Å². The maximum absolute atomic E-state index is 12.0. The molecule has 0 saturated carbocycles. The lowest BCUT2D eigenvalue weighted by atomic mass is 10.1. The van der Waals surface area contributed by atoms with Gasteiger partial charge >= 0.3 is 6.09 Å². The van der Waals surface area contributed by atoms with Crippen LogP contribution in [0.1, 0.15) is 36.8 Å². The molecule has 96 valence electrons. The molecule has 1 aliphatic heterocycles. The second-order valence-corrected chi connectivity index (χ2v) is 5.19. The summed E-state index contributed by atoms with van der Waals surface area (Å²) in [5.74, 6) is 0. The Balaban J connectivity index is 2.27. The number of aromatic nitrogens is 1. The lowest BCUT2D eigenvalue weighted by molar-refractivity contribution is 0.0584. The number of carbonyl (C=O) groups excluding carboxylic acids is 2. The number of aldehydes is 1. The summed E-state index contributed by atoms with van der Waals surface area (Å²) in [5.41, 5.74) is 1.42. The van der Waals surface area contributed by atoms with Crippen LogP contribution >= 0.6 is 0 Å². The monoisotopic (exact) mass is 248 g/mol. The first-order chi connectivity index (χ1) is 8.42. The first kappa shape index (κ1) is 12.5. The van der Waals surface area contributed by atoms with Gasteiger partial charge in [0.2, 0.25) is 0 Å². The number of hydrogen-bond donors (Lipinski definition) is 0. The van der Waals surface area contributed by atoms with Crippen molar-refractivity contribution in [3.05, 3.63) is 23.5 Å². The Labute approximate surface area is 106 Å². The van der Waals surface area contributed by atoms with Crippen molar-refractivity contribution in [2.75, 3.05) is 11.4 Å². The van der Waals surface area contributed by atoms with Crippen molar-refractivity contribution in [1.29, 1.82) is 0 Å². The molecule has 5 nitrogen and oxygen atoms in total. The first-order valence-electron chi connectivity index (χ1n) is 5.86. The summed E-state index contributed by atoms with van der Waals surface area (Å²) < 4.78 is 5.33. The molecule has 0 radical (unpaired) electrons. The van der Waals surface area contributed by atoms with Crippen molar-refractivity contribution in [3.63, 3.8) is 0 Å². The zero-order valence-corrected chi connectivity index (χ0v) is 10.8. The molecule has 0 N–H and O–H groups in total. The number of pyridine rings is 1. The van der Waals surface area contributed by atoms with E-state index < -0.39 is 5.60 Å². The quantitative estimate of drug-likeness (QED) is 0.715. The van der Waals surface area contributed by atoms with Gasteiger partial charge in [0, 0.05) is 18.3 Å². The van der Waals surface area contributed by atoms with Gasteiger partial charge in [0.05, 0.1) is 5.69 Å². The summed E-state index contributed by atoms with van der Waals surface area (Å²) in [6, 6.07) is 1.74. The molecule has 0 bridgehead atoms. The summed E-state index contributed by atoms with van der Waals surface area (Å²) in [4.78, 5) is 28.4. The van der Waals surface area contributed by atoms with Crippen LogP contribution in [0.3, 0.4) is 0 Å². The highest BCUT2D eigenvalue weighted by molar-refractivity contribution is 5.92. The van der Waals surface area contributed by atoms with Crippen LogP contribution < -0.4 is 4.90 Å². The largest absolute Gasteiger partial charge is 0.443 e. The predicted octanol–water partition coefficient (Wildman–Crippen LogP) is 2.19. The van der Waals surface area contributed by atoms with Gasteiger partial charge in [-0.2, -0.15) is 0 Å². The van der Waals surface area contributed by atoms with Gasteiger partial charge in [-0.05, 0) is 33.3 Å². The van der Waals surface area contributed by atoms with E-state index in [1.54, 1.807) is 11.0 Å². The zero-order valence-electron chi connectivity index (χ0n) is 10.8. The summed E-state index contributed by atoms with van der Waals surface area (Å²) in [6.45, 7) is 6.00. The van der Waals surface area contributed by atoms with Crippen molar-refractivity contribution in [3.8, 4) is 0 Å². The van der Waals surface area contributed by atoms with Crippen LogP contribution in [0.4, 0.5) is 10.5 Å². The van der Waals surface area contributed by atoms with E-state index in [0.29, 0.717) is 18.7 Å². The second kappa shape index (κ2) is 4.40. The Morgan fingerprint density at radius 2 is 2.22 bits per heavy atom. The number of anilines is 1. The molecule has 5 heteroatoms. The third kappa shape index (κ3) is 2.34. The minimum absolute atomic E-state index is 0.385. The molecular formula is C13H16N2O3. The molecule has 2 rings (SSSR count). The average Bonchev–Trinajstić information content (AvgIpc) is 2.69. The summed E-state index contributed by atoms with van der Waals surface area (Å²) in [6.07, 6.45) is 2.50. The highest BCUT2D eigenvalue weighted by Gasteiger charge is 2.30. The van der Waals surface area contributed by atoms with Crippen LogP contribution in [0, 0.1) is 0 Å². The normalized spacial score (nSPS) is 14.3. The summed E-state index contributed by atoms with van der Waals surface area (Å²) >= 11 is 0. The predicted molar refractivity (Wildman–Crippen MR) is 66.9 cm³/mol. The molecule has 0 atom stereocenters. The van der Waals surface area contributed by atoms with E-state index in [2.05, 4.69) is 4.98 Å². The van der Waals surface area contributed by atoms with Gasteiger partial charge in [0.25, 0.3) is 0 Å². The number of nitrogens with zero attached hydrogens (tertiary/aromatic N) is 2. The number of fused-ring (bicyclic) bond motifs is 1. The van der Waals surface area contributed by atoms with Crippen molar-refractivity contribution >= 4 is 18.1 Å². The van der Waals surface area contributed by atoms with E-state index in [4.69, 9.17) is 4.74 Å². The minimum Gasteiger partial charge on any atom is -0.443 e. The number of ether oxygens (including phenoxy) is 1. The second-order valence-electron chi connectivity index (χ2n) is 5.19. The summed E-state index contributed by atoms with van der Waals surface area (Å²) in [5, 5.41) is 0. The zero-order chi connectivity index (χ0) is 13.3.